The van der Waals surface area contributed by atoms with Gasteiger partial charge in [-0.05, 0) is 33.4 Å². The van der Waals surface area contributed by atoms with E-state index < -0.39 is 6.10 Å². The van der Waals surface area contributed by atoms with E-state index in [-0.39, 0.29) is 0 Å². The first-order valence-electron chi connectivity index (χ1n) is 4.30. The molecule has 1 unspecified atom stereocenters. The van der Waals surface area contributed by atoms with Crippen molar-refractivity contribution < 1.29 is 5.11 Å². The molecule has 80 valence electrons. The molecule has 0 spiro atoms. The summed E-state index contributed by atoms with van der Waals surface area (Å²) in [6.07, 6.45) is 0.124. The second-order valence-electron chi connectivity index (χ2n) is 3.08. The van der Waals surface area contributed by atoms with Crippen LogP contribution in [0, 0.1) is 0 Å². The van der Waals surface area contributed by atoms with Gasteiger partial charge < -0.3 is 5.11 Å². The number of hydrogen-bond donors (Lipinski definition) is 1. The van der Waals surface area contributed by atoms with Gasteiger partial charge in [-0.1, -0.05) is 11.6 Å². The monoisotopic (exact) mass is 322 g/mol. The Hall–Kier alpha value is 0.130. The van der Waals surface area contributed by atoms with Crippen LogP contribution in [0.2, 0.25) is 5.02 Å². The van der Waals surface area contributed by atoms with Gasteiger partial charge in [0.05, 0.1) is 16.0 Å². The van der Waals surface area contributed by atoms with E-state index in [1.54, 1.807) is 11.3 Å². The summed E-state index contributed by atoms with van der Waals surface area (Å²) in [4.78, 5) is 2.00. The van der Waals surface area contributed by atoms with Gasteiger partial charge in [-0.3, -0.25) is 0 Å². The molecule has 0 aliphatic carbocycles. The van der Waals surface area contributed by atoms with Gasteiger partial charge in [-0.25, -0.2) is 0 Å². The van der Waals surface area contributed by atoms with Crippen LogP contribution in [0.5, 0.6) is 0 Å². The van der Waals surface area contributed by atoms with Crippen molar-refractivity contribution in [2.75, 3.05) is 0 Å². The zero-order valence-electron chi connectivity index (χ0n) is 7.61. The van der Waals surface area contributed by atoms with Crippen LogP contribution in [-0.2, 0) is 6.42 Å². The fourth-order valence-corrected chi connectivity index (χ4v) is 3.95. The van der Waals surface area contributed by atoms with Crippen molar-refractivity contribution >= 4 is 50.2 Å². The third-order valence-corrected chi connectivity index (χ3v) is 5.14. The van der Waals surface area contributed by atoms with E-state index in [1.807, 2.05) is 22.9 Å². The first-order chi connectivity index (χ1) is 7.16. The molecule has 0 bridgehead atoms. The molecule has 1 atom stereocenters. The molecule has 1 N–H and O–H groups in total. The summed E-state index contributed by atoms with van der Waals surface area (Å²) >= 11 is 12.5. The van der Waals surface area contributed by atoms with Crippen LogP contribution in [0.15, 0.2) is 27.4 Å². The summed E-state index contributed by atoms with van der Waals surface area (Å²) in [5, 5.41) is 14.5. The maximum Gasteiger partial charge on any atom is 0.0945 e. The van der Waals surface area contributed by atoms with Crippen LogP contribution in [0.25, 0.3) is 0 Å². The minimum Gasteiger partial charge on any atom is -0.387 e. The van der Waals surface area contributed by atoms with Crippen LogP contribution in [-0.4, -0.2) is 5.11 Å². The Morgan fingerprint density at radius 2 is 2.27 bits per heavy atom. The van der Waals surface area contributed by atoms with E-state index in [9.17, 15) is 5.11 Å². The van der Waals surface area contributed by atoms with Crippen molar-refractivity contribution in [3.63, 3.8) is 0 Å². The van der Waals surface area contributed by atoms with E-state index in [2.05, 4.69) is 15.9 Å². The van der Waals surface area contributed by atoms with Crippen molar-refractivity contribution in [2.45, 2.75) is 12.5 Å². The molecule has 0 aliphatic rings. The quantitative estimate of drug-likeness (QED) is 0.881. The highest BCUT2D eigenvalue weighted by Crippen LogP contribution is 2.32. The van der Waals surface area contributed by atoms with Crippen molar-refractivity contribution in [1.29, 1.82) is 0 Å². The van der Waals surface area contributed by atoms with Crippen LogP contribution in [0.3, 0.4) is 0 Å². The van der Waals surface area contributed by atoms with E-state index in [0.29, 0.717) is 11.4 Å². The zero-order chi connectivity index (χ0) is 10.8. The van der Waals surface area contributed by atoms with Gasteiger partial charge in [0.25, 0.3) is 0 Å². The lowest BCUT2D eigenvalue weighted by molar-refractivity contribution is 0.183. The molecule has 0 amide bonds. The van der Waals surface area contributed by atoms with Crippen LogP contribution >= 0.6 is 50.2 Å². The summed E-state index contributed by atoms with van der Waals surface area (Å²) in [5.41, 5.74) is 0. The maximum absolute atomic E-state index is 9.97. The molecular weight excluding hydrogens is 316 g/mol. The first-order valence-corrected chi connectivity index (χ1v) is 7.23. The molecule has 0 saturated carbocycles. The second-order valence-corrected chi connectivity index (χ2v) is 6.35. The number of aliphatic hydroxyl groups is 1. The van der Waals surface area contributed by atoms with E-state index in [1.165, 1.54) is 11.3 Å². The van der Waals surface area contributed by atoms with Gasteiger partial charge in [0.1, 0.15) is 0 Å². The van der Waals surface area contributed by atoms with Gasteiger partial charge in [0.2, 0.25) is 0 Å². The first kappa shape index (κ1) is 11.6. The normalized spacial score (nSPS) is 13.0. The molecule has 2 aromatic rings. The molecule has 0 fully saturated rings. The average molecular weight is 324 g/mol. The van der Waals surface area contributed by atoms with Gasteiger partial charge in [-0.2, -0.15) is 0 Å². The van der Waals surface area contributed by atoms with Gasteiger partial charge in [0.15, 0.2) is 0 Å². The molecule has 1 nitrogen and oxygen atoms in total. The van der Waals surface area contributed by atoms with Crippen molar-refractivity contribution in [2.24, 2.45) is 0 Å². The Kier molecular flexibility index (Phi) is 3.85. The van der Waals surface area contributed by atoms with Gasteiger partial charge >= 0.3 is 0 Å². The lowest BCUT2D eigenvalue weighted by atomic mass is 10.2. The lowest BCUT2D eigenvalue weighted by Crippen LogP contribution is -1.98. The largest absolute Gasteiger partial charge is 0.387 e. The highest BCUT2D eigenvalue weighted by molar-refractivity contribution is 9.10. The van der Waals surface area contributed by atoms with Crippen LogP contribution < -0.4 is 0 Å². The predicted molar refractivity (Wildman–Crippen MR) is 70.0 cm³/mol. The minimum absolute atomic E-state index is 0.497. The summed E-state index contributed by atoms with van der Waals surface area (Å²) in [5.74, 6) is 0. The molecule has 2 heterocycles. The maximum atomic E-state index is 9.97. The fraction of sp³-hybridized carbons (Fsp3) is 0.200. The Morgan fingerprint density at radius 1 is 1.47 bits per heavy atom. The molecule has 5 heteroatoms. The Bertz CT molecular complexity index is 452. The molecule has 0 radical (unpaired) electrons. The highest BCUT2D eigenvalue weighted by Gasteiger charge is 2.14. The Labute approximate surface area is 109 Å². The number of rotatable bonds is 3. The number of halogens is 2. The third kappa shape index (κ3) is 2.82. The second kappa shape index (κ2) is 4.97. The van der Waals surface area contributed by atoms with E-state index >= 15 is 0 Å². The third-order valence-electron chi connectivity index (χ3n) is 1.96. The van der Waals surface area contributed by atoms with Gasteiger partial charge in [0, 0.05) is 21.2 Å². The van der Waals surface area contributed by atoms with Crippen molar-refractivity contribution in [3.8, 4) is 0 Å². The molecule has 0 aliphatic heterocycles. The number of hydrogen-bond acceptors (Lipinski definition) is 3. The summed E-state index contributed by atoms with van der Waals surface area (Å²) in [6.45, 7) is 0. The topological polar surface area (TPSA) is 20.2 Å². The SMILES string of the molecule is OC(Cc1cc(Br)cs1)c1sccc1Cl. The Morgan fingerprint density at radius 3 is 2.80 bits per heavy atom. The molecule has 0 saturated heterocycles. The summed E-state index contributed by atoms with van der Waals surface area (Å²) in [7, 11) is 0. The number of aliphatic hydroxyl groups excluding tert-OH is 1. The van der Waals surface area contributed by atoms with Crippen LogP contribution in [0.1, 0.15) is 15.9 Å². The molecular formula is C10H8BrClOS2. The van der Waals surface area contributed by atoms with Crippen molar-refractivity contribution in [3.05, 3.63) is 42.1 Å². The zero-order valence-corrected chi connectivity index (χ0v) is 11.6. The molecule has 2 aromatic heterocycles. The Balaban J connectivity index is 2.10. The van der Waals surface area contributed by atoms with E-state index in [4.69, 9.17) is 11.6 Å². The lowest BCUT2D eigenvalue weighted by Gasteiger charge is -2.07. The van der Waals surface area contributed by atoms with E-state index in [0.717, 1.165) is 14.2 Å². The highest BCUT2D eigenvalue weighted by atomic mass is 79.9. The summed E-state index contributed by atoms with van der Waals surface area (Å²) in [6, 6.07) is 3.84. The summed E-state index contributed by atoms with van der Waals surface area (Å²) < 4.78 is 1.06. The smallest absolute Gasteiger partial charge is 0.0945 e. The molecule has 15 heavy (non-hydrogen) atoms. The predicted octanol–water partition coefficient (Wildman–Crippen LogP) is 4.50. The van der Waals surface area contributed by atoms with Crippen LogP contribution in [0.4, 0.5) is 0 Å². The molecule has 2 rings (SSSR count). The fourth-order valence-electron chi connectivity index (χ4n) is 1.29. The van der Waals surface area contributed by atoms with Gasteiger partial charge in [-0.15, -0.1) is 22.7 Å². The standard InChI is InChI=1S/C10H8BrClOS2/c11-6-3-7(15-5-6)4-9(13)10-8(12)1-2-14-10/h1-3,5,9,13H,4H2. The molecule has 0 aromatic carbocycles. The minimum atomic E-state index is -0.497. The average Bonchev–Trinajstić information content (AvgIpc) is 2.75. The number of thiophene rings is 2. The van der Waals surface area contributed by atoms with Crippen molar-refractivity contribution in [1.82, 2.24) is 0 Å².